The standard InChI is InChI=1S/C5H11BN2/c1-4(3-7)5(6)8-2/h3,7-8H,6H2,1-2H3/b5-4-,7-3?. The molecule has 0 spiro atoms. The maximum Gasteiger partial charge on any atom is 0.160 e. The van der Waals surface area contributed by atoms with Gasteiger partial charge in [0.15, 0.2) is 7.85 Å². The summed E-state index contributed by atoms with van der Waals surface area (Å²) in [6, 6.07) is 0. The zero-order valence-electron chi connectivity index (χ0n) is 5.58. The van der Waals surface area contributed by atoms with Crippen LogP contribution in [0.2, 0.25) is 0 Å². The first-order chi connectivity index (χ1) is 3.72. The summed E-state index contributed by atoms with van der Waals surface area (Å²) in [5, 5.41) is 9.76. The molecule has 3 heteroatoms. The van der Waals surface area contributed by atoms with Crippen molar-refractivity contribution in [3.8, 4) is 0 Å². The van der Waals surface area contributed by atoms with Crippen LogP contribution in [0, 0.1) is 5.41 Å². The highest BCUT2D eigenvalue weighted by Crippen LogP contribution is 1.88. The molecule has 0 amide bonds. The molecule has 0 aromatic rings. The van der Waals surface area contributed by atoms with Crippen molar-refractivity contribution >= 4 is 14.1 Å². The average Bonchev–Trinajstić information content (AvgIpc) is 1.84. The molecule has 0 fully saturated rings. The van der Waals surface area contributed by atoms with E-state index >= 15 is 0 Å². The molecule has 0 saturated heterocycles. The first-order valence-electron chi connectivity index (χ1n) is 2.58. The predicted octanol–water partition coefficient (Wildman–Crippen LogP) is -0.280. The zero-order valence-corrected chi connectivity index (χ0v) is 5.58. The van der Waals surface area contributed by atoms with Gasteiger partial charge in [-0.1, -0.05) is 0 Å². The molecule has 0 aromatic heterocycles. The molecule has 0 heterocycles. The van der Waals surface area contributed by atoms with Crippen LogP contribution in [0.4, 0.5) is 0 Å². The zero-order chi connectivity index (χ0) is 6.57. The molecule has 0 bridgehead atoms. The Morgan fingerprint density at radius 2 is 2.25 bits per heavy atom. The van der Waals surface area contributed by atoms with E-state index in [0.717, 1.165) is 11.2 Å². The third-order valence-corrected chi connectivity index (χ3v) is 1.18. The summed E-state index contributed by atoms with van der Waals surface area (Å²) >= 11 is 0. The summed E-state index contributed by atoms with van der Waals surface area (Å²) in [7, 11) is 3.79. The van der Waals surface area contributed by atoms with Gasteiger partial charge in [0.2, 0.25) is 0 Å². The van der Waals surface area contributed by atoms with Gasteiger partial charge in [-0.25, -0.2) is 0 Å². The lowest BCUT2D eigenvalue weighted by Crippen LogP contribution is -2.07. The summed E-state index contributed by atoms with van der Waals surface area (Å²) < 4.78 is 0. The molecular weight excluding hydrogens is 98.9 g/mol. The highest BCUT2D eigenvalue weighted by Gasteiger charge is 1.85. The normalized spacial score (nSPS) is 12.2. The Balaban J connectivity index is 4.03. The van der Waals surface area contributed by atoms with Gasteiger partial charge < -0.3 is 10.7 Å². The third-order valence-electron chi connectivity index (χ3n) is 1.18. The van der Waals surface area contributed by atoms with E-state index in [0.29, 0.717) is 0 Å². The number of hydrogen-bond donors (Lipinski definition) is 2. The second-order valence-corrected chi connectivity index (χ2v) is 1.70. The van der Waals surface area contributed by atoms with Crippen LogP contribution in [0.3, 0.4) is 0 Å². The van der Waals surface area contributed by atoms with Gasteiger partial charge in [0.1, 0.15) is 0 Å². The van der Waals surface area contributed by atoms with Crippen LogP contribution in [0.1, 0.15) is 6.92 Å². The lowest BCUT2D eigenvalue weighted by atomic mass is 10.00. The number of hydrogen-bond acceptors (Lipinski definition) is 2. The van der Waals surface area contributed by atoms with Crippen LogP contribution in [0.15, 0.2) is 11.2 Å². The molecule has 2 nitrogen and oxygen atoms in total. The largest absolute Gasteiger partial charge is 0.399 e. The van der Waals surface area contributed by atoms with Crippen LogP contribution in [0.25, 0.3) is 0 Å². The quantitative estimate of drug-likeness (QED) is 0.372. The highest BCUT2D eigenvalue weighted by molar-refractivity contribution is 6.23. The molecule has 0 radical (unpaired) electrons. The van der Waals surface area contributed by atoms with Gasteiger partial charge in [-0.05, 0) is 18.1 Å². The Hall–Kier alpha value is -0.725. The fourth-order valence-electron chi connectivity index (χ4n) is 0.305. The first-order valence-corrected chi connectivity index (χ1v) is 2.58. The Bertz CT molecular complexity index is 118. The predicted molar refractivity (Wildman–Crippen MR) is 39.1 cm³/mol. The van der Waals surface area contributed by atoms with Crippen LogP contribution in [-0.2, 0) is 0 Å². The van der Waals surface area contributed by atoms with Gasteiger partial charge in [0.25, 0.3) is 0 Å². The second kappa shape index (κ2) is 3.30. The monoisotopic (exact) mass is 110 g/mol. The molecule has 0 atom stereocenters. The van der Waals surface area contributed by atoms with Crippen molar-refractivity contribution in [2.75, 3.05) is 7.05 Å². The van der Waals surface area contributed by atoms with Crippen LogP contribution >= 0.6 is 0 Å². The van der Waals surface area contributed by atoms with Crippen molar-refractivity contribution in [2.24, 2.45) is 0 Å². The Morgan fingerprint density at radius 3 is 2.38 bits per heavy atom. The lowest BCUT2D eigenvalue weighted by molar-refractivity contribution is 1.06. The lowest BCUT2D eigenvalue weighted by Gasteiger charge is -1.99. The van der Waals surface area contributed by atoms with Crippen molar-refractivity contribution in [3.05, 3.63) is 11.2 Å². The van der Waals surface area contributed by atoms with Crippen LogP contribution < -0.4 is 5.32 Å². The topological polar surface area (TPSA) is 35.9 Å². The van der Waals surface area contributed by atoms with Gasteiger partial charge in [-0.15, -0.1) is 0 Å². The van der Waals surface area contributed by atoms with Crippen molar-refractivity contribution in [1.82, 2.24) is 5.32 Å². The van der Waals surface area contributed by atoms with E-state index in [1.54, 1.807) is 0 Å². The highest BCUT2D eigenvalue weighted by atomic mass is 14.8. The van der Waals surface area contributed by atoms with E-state index < -0.39 is 0 Å². The summed E-state index contributed by atoms with van der Waals surface area (Å²) in [6.45, 7) is 1.90. The van der Waals surface area contributed by atoms with E-state index in [1.807, 2.05) is 21.8 Å². The minimum Gasteiger partial charge on any atom is -0.399 e. The number of rotatable bonds is 2. The second-order valence-electron chi connectivity index (χ2n) is 1.70. The van der Waals surface area contributed by atoms with Gasteiger partial charge >= 0.3 is 0 Å². The summed E-state index contributed by atoms with van der Waals surface area (Å²) in [5.41, 5.74) is 2.03. The van der Waals surface area contributed by atoms with E-state index in [1.165, 1.54) is 6.21 Å². The summed E-state index contributed by atoms with van der Waals surface area (Å²) in [6.07, 6.45) is 1.34. The van der Waals surface area contributed by atoms with Crippen molar-refractivity contribution < 1.29 is 0 Å². The Labute approximate surface area is 50.9 Å². The van der Waals surface area contributed by atoms with Gasteiger partial charge in [-0.2, -0.15) is 0 Å². The van der Waals surface area contributed by atoms with E-state index in [9.17, 15) is 0 Å². The van der Waals surface area contributed by atoms with Crippen molar-refractivity contribution in [1.29, 1.82) is 5.41 Å². The average molecular weight is 110 g/mol. The SMILES string of the molecule is B/C(NC)=C(\C)C=N. The summed E-state index contributed by atoms with van der Waals surface area (Å²) in [4.78, 5) is 0. The Kier molecular flexibility index (Phi) is 3.00. The molecule has 0 aliphatic heterocycles. The Morgan fingerprint density at radius 1 is 1.75 bits per heavy atom. The van der Waals surface area contributed by atoms with Gasteiger partial charge in [-0.3, -0.25) is 0 Å². The number of nitrogens with one attached hydrogen (secondary N) is 2. The smallest absolute Gasteiger partial charge is 0.160 e. The molecular formula is C5H11BN2. The minimum atomic E-state index is 0.979. The van der Waals surface area contributed by atoms with Crippen LogP contribution in [-0.4, -0.2) is 21.1 Å². The fourth-order valence-corrected chi connectivity index (χ4v) is 0.305. The molecule has 0 aliphatic carbocycles. The molecule has 0 rings (SSSR count). The van der Waals surface area contributed by atoms with E-state index in [2.05, 4.69) is 5.32 Å². The molecule has 8 heavy (non-hydrogen) atoms. The minimum absolute atomic E-state index is 0.979. The van der Waals surface area contributed by atoms with Gasteiger partial charge in [0.05, 0.1) is 0 Å². The van der Waals surface area contributed by atoms with Crippen molar-refractivity contribution in [3.63, 3.8) is 0 Å². The van der Waals surface area contributed by atoms with Gasteiger partial charge in [0, 0.05) is 13.3 Å². The first kappa shape index (κ1) is 7.27. The van der Waals surface area contributed by atoms with E-state index in [-0.39, 0.29) is 0 Å². The fraction of sp³-hybridized carbons (Fsp3) is 0.400. The molecule has 0 saturated carbocycles. The van der Waals surface area contributed by atoms with Crippen LogP contribution in [0.5, 0.6) is 0 Å². The third kappa shape index (κ3) is 1.82. The molecule has 2 N–H and O–H groups in total. The maximum absolute atomic E-state index is 6.82. The molecule has 0 aliphatic rings. The molecule has 44 valence electrons. The van der Waals surface area contributed by atoms with E-state index in [4.69, 9.17) is 5.41 Å². The van der Waals surface area contributed by atoms with Crippen molar-refractivity contribution in [2.45, 2.75) is 6.92 Å². The molecule has 0 aromatic carbocycles. The maximum atomic E-state index is 6.82. The molecule has 0 unspecified atom stereocenters. The number of allylic oxidation sites excluding steroid dienone is 1. The summed E-state index contributed by atoms with van der Waals surface area (Å²) in [5.74, 6) is 0.